The summed E-state index contributed by atoms with van der Waals surface area (Å²) in [6.45, 7) is 22.2. The van der Waals surface area contributed by atoms with E-state index >= 15 is 0 Å². The Morgan fingerprint density at radius 3 is 2.03 bits per heavy atom. The monoisotopic (exact) mass is 406 g/mol. The minimum atomic E-state index is -1.76. The van der Waals surface area contributed by atoms with Crippen molar-refractivity contribution in [2.24, 2.45) is 10.8 Å². The molecule has 1 spiro atoms. The SMILES string of the molecule is CC1(C)CC(C)(C)C12c1ccccc1-c1ccc(CO[Si](C)(C)C(C)(C)C)cc12. The number of hydrogen-bond donors (Lipinski definition) is 0. The van der Waals surface area contributed by atoms with Crippen LogP contribution in [0.1, 0.15) is 71.6 Å². The zero-order valence-electron chi connectivity index (χ0n) is 19.9. The lowest BCUT2D eigenvalue weighted by atomic mass is 9.36. The predicted octanol–water partition coefficient (Wildman–Crippen LogP) is 7.93. The quantitative estimate of drug-likeness (QED) is 0.470. The van der Waals surface area contributed by atoms with Crippen LogP contribution >= 0.6 is 0 Å². The van der Waals surface area contributed by atoms with Crippen LogP contribution in [0, 0.1) is 10.8 Å². The molecule has 2 heteroatoms. The van der Waals surface area contributed by atoms with E-state index in [1.165, 1.54) is 34.2 Å². The maximum Gasteiger partial charge on any atom is 0.192 e. The molecular weight excluding hydrogens is 368 g/mol. The van der Waals surface area contributed by atoms with Crippen molar-refractivity contribution in [3.8, 4) is 11.1 Å². The van der Waals surface area contributed by atoms with Gasteiger partial charge in [-0.3, -0.25) is 0 Å². The Morgan fingerprint density at radius 2 is 1.45 bits per heavy atom. The summed E-state index contributed by atoms with van der Waals surface area (Å²) in [5.41, 5.74) is 7.80. The van der Waals surface area contributed by atoms with E-state index in [-0.39, 0.29) is 21.3 Å². The molecule has 29 heavy (non-hydrogen) atoms. The molecular formula is C27H38OSi. The van der Waals surface area contributed by atoms with Gasteiger partial charge in [-0.2, -0.15) is 0 Å². The first-order valence-corrected chi connectivity index (χ1v) is 14.0. The second-order valence-electron chi connectivity index (χ2n) is 12.2. The average Bonchev–Trinajstić information content (AvgIpc) is 2.91. The molecule has 0 bridgehead atoms. The molecule has 0 saturated heterocycles. The lowest BCUT2D eigenvalue weighted by Crippen LogP contribution is -2.63. The molecule has 0 N–H and O–H groups in total. The molecule has 2 aliphatic rings. The van der Waals surface area contributed by atoms with Crippen LogP contribution in [0.15, 0.2) is 42.5 Å². The van der Waals surface area contributed by atoms with Gasteiger partial charge in [0.25, 0.3) is 0 Å². The molecule has 0 heterocycles. The van der Waals surface area contributed by atoms with E-state index in [1.54, 1.807) is 0 Å². The van der Waals surface area contributed by atoms with Crippen LogP contribution in [0.2, 0.25) is 18.1 Å². The highest BCUT2D eigenvalue weighted by molar-refractivity contribution is 6.74. The summed E-state index contributed by atoms with van der Waals surface area (Å²) in [6.07, 6.45) is 1.25. The van der Waals surface area contributed by atoms with Crippen LogP contribution in [-0.4, -0.2) is 8.32 Å². The Hall–Kier alpha value is -1.38. The van der Waals surface area contributed by atoms with Gasteiger partial charge >= 0.3 is 0 Å². The molecule has 2 aromatic rings. The van der Waals surface area contributed by atoms with E-state index in [9.17, 15) is 0 Å². The van der Waals surface area contributed by atoms with Gasteiger partial charge in [-0.15, -0.1) is 0 Å². The molecule has 2 aliphatic carbocycles. The molecule has 1 nitrogen and oxygen atoms in total. The first kappa shape index (κ1) is 20.9. The van der Waals surface area contributed by atoms with Gasteiger partial charge in [0.05, 0.1) is 6.61 Å². The van der Waals surface area contributed by atoms with Crippen molar-refractivity contribution < 1.29 is 4.43 Å². The Balaban J connectivity index is 1.81. The molecule has 0 aromatic heterocycles. The topological polar surface area (TPSA) is 9.23 Å². The molecule has 156 valence electrons. The van der Waals surface area contributed by atoms with Gasteiger partial charge in [0.1, 0.15) is 0 Å². The van der Waals surface area contributed by atoms with Gasteiger partial charge in [-0.25, -0.2) is 0 Å². The second kappa shape index (κ2) is 6.08. The van der Waals surface area contributed by atoms with Crippen LogP contribution in [0.25, 0.3) is 11.1 Å². The van der Waals surface area contributed by atoms with Crippen molar-refractivity contribution in [1.82, 2.24) is 0 Å². The van der Waals surface area contributed by atoms with Crippen molar-refractivity contribution in [2.75, 3.05) is 0 Å². The lowest BCUT2D eigenvalue weighted by Gasteiger charge is -2.67. The molecule has 0 aliphatic heterocycles. The third-order valence-corrected chi connectivity index (χ3v) is 12.9. The van der Waals surface area contributed by atoms with E-state index in [4.69, 9.17) is 4.43 Å². The highest BCUT2D eigenvalue weighted by Crippen LogP contribution is 2.75. The van der Waals surface area contributed by atoms with E-state index in [2.05, 4.69) is 104 Å². The first-order valence-electron chi connectivity index (χ1n) is 11.1. The van der Waals surface area contributed by atoms with E-state index in [1.807, 2.05) is 0 Å². The highest BCUT2D eigenvalue weighted by atomic mass is 28.4. The molecule has 1 saturated carbocycles. The van der Waals surface area contributed by atoms with Gasteiger partial charge in [-0.1, -0.05) is 90.9 Å². The fourth-order valence-electron chi connectivity index (χ4n) is 6.53. The Labute approximate surface area is 179 Å². The largest absolute Gasteiger partial charge is 0.413 e. The Bertz CT molecular complexity index is 945. The van der Waals surface area contributed by atoms with Gasteiger partial charge in [-0.05, 0) is 63.2 Å². The standard InChI is InChI=1S/C27H38OSi/c1-24(2,3)29(8,9)28-17-19-14-15-21-20-12-10-11-13-22(20)27(23(21)16-19)25(4,5)18-26(27,6)7/h10-16H,17-18H2,1-9H3. The van der Waals surface area contributed by atoms with Gasteiger partial charge in [0, 0.05) is 5.41 Å². The van der Waals surface area contributed by atoms with Crippen molar-refractivity contribution >= 4 is 8.32 Å². The van der Waals surface area contributed by atoms with Crippen molar-refractivity contribution in [2.45, 2.75) is 85.0 Å². The van der Waals surface area contributed by atoms with Crippen LogP contribution < -0.4 is 0 Å². The van der Waals surface area contributed by atoms with E-state index < -0.39 is 8.32 Å². The van der Waals surface area contributed by atoms with Crippen molar-refractivity contribution in [3.63, 3.8) is 0 Å². The van der Waals surface area contributed by atoms with Crippen LogP contribution in [0.4, 0.5) is 0 Å². The maximum absolute atomic E-state index is 6.58. The minimum absolute atomic E-state index is 0.0823. The maximum atomic E-state index is 6.58. The van der Waals surface area contributed by atoms with Gasteiger partial charge < -0.3 is 4.43 Å². The molecule has 0 unspecified atom stereocenters. The Kier molecular flexibility index (Phi) is 4.37. The fraction of sp³-hybridized carbons (Fsp3) is 0.556. The van der Waals surface area contributed by atoms with Crippen molar-refractivity contribution in [1.29, 1.82) is 0 Å². The minimum Gasteiger partial charge on any atom is -0.413 e. The molecule has 1 fully saturated rings. The molecule has 0 atom stereocenters. The Morgan fingerprint density at radius 1 is 0.862 bits per heavy atom. The third kappa shape index (κ3) is 2.68. The molecule has 4 rings (SSSR count). The van der Waals surface area contributed by atoms with Gasteiger partial charge in [0.15, 0.2) is 8.32 Å². The summed E-state index contributed by atoms with van der Waals surface area (Å²) < 4.78 is 6.58. The summed E-state index contributed by atoms with van der Waals surface area (Å²) in [5, 5.41) is 0.235. The fourth-order valence-corrected chi connectivity index (χ4v) is 7.49. The first-order chi connectivity index (χ1) is 13.2. The zero-order valence-corrected chi connectivity index (χ0v) is 20.9. The second-order valence-corrected chi connectivity index (χ2v) is 17.0. The summed E-state index contributed by atoms with van der Waals surface area (Å²) >= 11 is 0. The van der Waals surface area contributed by atoms with Crippen LogP contribution in [0.5, 0.6) is 0 Å². The molecule has 0 amide bonds. The zero-order chi connectivity index (χ0) is 21.5. The average molecular weight is 407 g/mol. The van der Waals surface area contributed by atoms with Crippen LogP contribution in [-0.2, 0) is 16.4 Å². The highest BCUT2D eigenvalue weighted by Gasteiger charge is 2.69. The van der Waals surface area contributed by atoms with Gasteiger partial charge in [0.2, 0.25) is 0 Å². The third-order valence-electron chi connectivity index (χ3n) is 8.43. The van der Waals surface area contributed by atoms with E-state index in [0.29, 0.717) is 0 Å². The number of rotatable bonds is 3. The van der Waals surface area contributed by atoms with E-state index in [0.717, 1.165) is 6.61 Å². The summed E-state index contributed by atoms with van der Waals surface area (Å²) in [6, 6.07) is 16.2. The van der Waals surface area contributed by atoms with Crippen molar-refractivity contribution in [3.05, 3.63) is 59.2 Å². The smallest absolute Gasteiger partial charge is 0.192 e. The summed E-state index contributed by atoms with van der Waals surface area (Å²) in [7, 11) is -1.76. The normalized spacial score (nSPS) is 20.9. The number of hydrogen-bond acceptors (Lipinski definition) is 1. The summed E-state index contributed by atoms with van der Waals surface area (Å²) in [5.74, 6) is 0. The van der Waals surface area contributed by atoms with Crippen LogP contribution in [0.3, 0.4) is 0 Å². The predicted molar refractivity (Wildman–Crippen MR) is 127 cm³/mol. The molecule has 0 radical (unpaired) electrons. The molecule has 2 aromatic carbocycles. The number of fused-ring (bicyclic) bond motifs is 5. The number of benzene rings is 2. The lowest BCUT2D eigenvalue weighted by molar-refractivity contribution is -0.0858. The summed E-state index contributed by atoms with van der Waals surface area (Å²) in [4.78, 5) is 0.